The fourth-order valence-corrected chi connectivity index (χ4v) is 3.79. The van der Waals surface area contributed by atoms with Crippen LogP contribution < -0.4 is 10.5 Å². The van der Waals surface area contributed by atoms with Crippen LogP contribution >= 0.6 is 55.1 Å². The minimum atomic E-state index is 0.155. The highest BCUT2D eigenvalue weighted by Gasteiger charge is 2.09. The van der Waals surface area contributed by atoms with Crippen molar-refractivity contribution in [2.75, 3.05) is 0 Å². The number of benzene rings is 2. The van der Waals surface area contributed by atoms with Crippen molar-refractivity contribution in [2.45, 2.75) is 26.0 Å². The first-order valence-corrected chi connectivity index (χ1v) is 9.69. The lowest BCUT2D eigenvalue weighted by atomic mass is 10.1. The van der Waals surface area contributed by atoms with Gasteiger partial charge in [0.25, 0.3) is 0 Å². The third kappa shape index (κ3) is 5.78. The third-order valence-corrected chi connectivity index (χ3v) is 5.12. The van der Waals surface area contributed by atoms with Crippen molar-refractivity contribution in [2.24, 2.45) is 5.73 Å². The Labute approximate surface area is 169 Å². The van der Waals surface area contributed by atoms with Gasteiger partial charge in [-0.1, -0.05) is 41.4 Å². The molecule has 0 amide bonds. The van der Waals surface area contributed by atoms with Crippen molar-refractivity contribution in [1.82, 2.24) is 0 Å². The summed E-state index contributed by atoms with van der Waals surface area (Å²) in [4.78, 5) is 0. The molecule has 2 aromatic rings. The van der Waals surface area contributed by atoms with Crippen LogP contribution in [0.3, 0.4) is 0 Å². The van der Waals surface area contributed by atoms with Crippen molar-refractivity contribution < 1.29 is 4.74 Å². The molecule has 6 heteroatoms. The smallest absolute Gasteiger partial charge is 0.148 e. The zero-order valence-corrected chi connectivity index (χ0v) is 17.7. The summed E-state index contributed by atoms with van der Waals surface area (Å²) in [6.07, 6.45) is 4.95. The Morgan fingerprint density at radius 1 is 1.12 bits per heavy atom. The van der Waals surface area contributed by atoms with Crippen molar-refractivity contribution >= 4 is 61.1 Å². The van der Waals surface area contributed by atoms with Crippen LogP contribution in [-0.4, -0.2) is 6.04 Å². The number of ether oxygens (including phenoxy) is 1. The van der Waals surface area contributed by atoms with Crippen LogP contribution in [0.1, 0.15) is 24.5 Å². The Kier molecular flexibility index (Phi) is 7.63. The van der Waals surface area contributed by atoms with E-state index in [1.54, 1.807) is 12.1 Å². The topological polar surface area (TPSA) is 35.2 Å². The predicted molar refractivity (Wildman–Crippen MR) is 110 cm³/mol. The standard InChI is InChI=1S/C18H17Br2Cl2NO/c1-11(23)3-2-4-12-7-14(19)18(15(20)8-12)24-10-13-5-6-16(21)17(22)9-13/h2,4-9,11H,3,10,23H2,1H3. The summed E-state index contributed by atoms with van der Waals surface area (Å²) >= 11 is 19.1. The van der Waals surface area contributed by atoms with Gasteiger partial charge in [-0.15, -0.1) is 0 Å². The lowest BCUT2D eigenvalue weighted by molar-refractivity contribution is 0.302. The molecule has 0 aliphatic carbocycles. The Bertz CT molecular complexity index is 725. The first-order valence-electron chi connectivity index (χ1n) is 7.34. The average molecular weight is 494 g/mol. The van der Waals surface area contributed by atoms with Crippen LogP contribution in [0.2, 0.25) is 10.0 Å². The molecule has 1 unspecified atom stereocenters. The molecule has 24 heavy (non-hydrogen) atoms. The number of nitrogens with two attached hydrogens (primary N) is 1. The predicted octanol–water partition coefficient (Wildman–Crippen LogP) is 6.85. The second kappa shape index (κ2) is 9.25. The minimum Gasteiger partial charge on any atom is -0.487 e. The molecule has 2 aromatic carbocycles. The molecular formula is C18H17Br2Cl2NO. The lowest BCUT2D eigenvalue weighted by Gasteiger charge is -2.12. The van der Waals surface area contributed by atoms with E-state index < -0.39 is 0 Å². The van der Waals surface area contributed by atoms with Gasteiger partial charge in [-0.25, -0.2) is 0 Å². The Morgan fingerprint density at radius 2 is 1.79 bits per heavy atom. The Balaban J connectivity index is 2.10. The molecule has 0 aromatic heterocycles. The third-order valence-electron chi connectivity index (χ3n) is 3.21. The number of hydrogen-bond donors (Lipinski definition) is 1. The molecule has 0 radical (unpaired) electrons. The fourth-order valence-electron chi connectivity index (χ4n) is 2.02. The van der Waals surface area contributed by atoms with Crippen LogP contribution in [0, 0.1) is 0 Å². The van der Waals surface area contributed by atoms with Crippen molar-refractivity contribution in [3.63, 3.8) is 0 Å². The summed E-state index contributed by atoms with van der Waals surface area (Å²) in [5, 5.41) is 1.05. The Morgan fingerprint density at radius 3 is 2.38 bits per heavy atom. The summed E-state index contributed by atoms with van der Waals surface area (Å²) in [5.74, 6) is 0.741. The maximum atomic E-state index is 6.03. The van der Waals surface area contributed by atoms with E-state index in [1.165, 1.54) is 0 Å². The van der Waals surface area contributed by atoms with Gasteiger partial charge in [0, 0.05) is 6.04 Å². The van der Waals surface area contributed by atoms with E-state index in [2.05, 4.69) is 37.9 Å². The minimum absolute atomic E-state index is 0.155. The molecule has 2 N–H and O–H groups in total. The van der Waals surface area contributed by atoms with Gasteiger partial charge in [0.15, 0.2) is 0 Å². The maximum Gasteiger partial charge on any atom is 0.148 e. The van der Waals surface area contributed by atoms with Crippen LogP contribution in [0.5, 0.6) is 5.75 Å². The highest BCUT2D eigenvalue weighted by atomic mass is 79.9. The van der Waals surface area contributed by atoms with Gasteiger partial charge in [0.2, 0.25) is 0 Å². The van der Waals surface area contributed by atoms with Crippen molar-refractivity contribution in [1.29, 1.82) is 0 Å². The van der Waals surface area contributed by atoms with E-state index in [9.17, 15) is 0 Å². The molecule has 0 fully saturated rings. The van der Waals surface area contributed by atoms with Gasteiger partial charge in [0.05, 0.1) is 19.0 Å². The van der Waals surface area contributed by atoms with Crippen LogP contribution in [0.25, 0.3) is 6.08 Å². The van der Waals surface area contributed by atoms with Crippen LogP contribution in [0.15, 0.2) is 45.4 Å². The van der Waals surface area contributed by atoms with Gasteiger partial charge >= 0.3 is 0 Å². The van der Waals surface area contributed by atoms with E-state index in [0.29, 0.717) is 16.7 Å². The average Bonchev–Trinajstić information content (AvgIpc) is 2.49. The maximum absolute atomic E-state index is 6.03. The van der Waals surface area contributed by atoms with Gasteiger partial charge < -0.3 is 10.5 Å². The molecule has 1 atom stereocenters. The molecule has 128 valence electrons. The van der Waals surface area contributed by atoms with Crippen molar-refractivity contribution in [3.05, 3.63) is 66.5 Å². The second-order valence-electron chi connectivity index (χ2n) is 5.47. The Hall–Kier alpha value is -0.520. The van der Waals surface area contributed by atoms with E-state index in [0.717, 1.165) is 32.2 Å². The van der Waals surface area contributed by atoms with Gasteiger partial charge in [-0.05, 0) is 80.6 Å². The number of hydrogen-bond acceptors (Lipinski definition) is 2. The number of halogens is 4. The highest BCUT2D eigenvalue weighted by Crippen LogP contribution is 2.36. The first-order chi connectivity index (χ1) is 11.4. The van der Waals surface area contributed by atoms with E-state index in [4.69, 9.17) is 33.7 Å². The summed E-state index contributed by atoms with van der Waals surface area (Å²) in [6.45, 7) is 2.38. The molecule has 2 rings (SSSR count). The summed E-state index contributed by atoms with van der Waals surface area (Å²) in [5.41, 5.74) is 7.76. The largest absolute Gasteiger partial charge is 0.487 e. The molecule has 0 bridgehead atoms. The van der Waals surface area contributed by atoms with Crippen molar-refractivity contribution in [3.8, 4) is 5.75 Å². The summed E-state index contributed by atoms with van der Waals surface area (Å²) < 4.78 is 7.65. The zero-order valence-electron chi connectivity index (χ0n) is 13.0. The van der Waals surface area contributed by atoms with Crippen LogP contribution in [0.4, 0.5) is 0 Å². The van der Waals surface area contributed by atoms with E-state index in [1.807, 2.05) is 31.2 Å². The summed E-state index contributed by atoms with van der Waals surface area (Å²) in [7, 11) is 0. The fraction of sp³-hybridized carbons (Fsp3) is 0.222. The normalized spacial score (nSPS) is 12.6. The lowest BCUT2D eigenvalue weighted by Crippen LogP contribution is -2.12. The van der Waals surface area contributed by atoms with E-state index >= 15 is 0 Å². The second-order valence-corrected chi connectivity index (χ2v) is 7.99. The molecule has 0 aliphatic heterocycles. The zero-order chi connectivity index (χ0) is 17.7. The molecule has 0 saturated carbocycles. The summed E-state index contributed by atoms with van der Waals surface area (Å²) in [6, 6.07) is 9.62. The first kappa shape index (κ1) is 19.8. The van der Waals surface area contributed by atoms with Crippen LogP contribution in [-0.2, 0) is 6.61 Å². The van der Waals surface area contributed by atoms with Gasteiger partial charge in [-0.3, -0.25) is 0 Å². The molecule has 2 nitrogen and oxygen atoms in total. The molecule has 0 saturated heterocycles. The molecule has 0 heterocycles. The number of rotatable bonds is 6. The van der Waals surface area contributed by atoms with E-state index in [-0.39, 0.29) is 6.04 Å². The quantitative estimate of drug-likeness (QED) is 0.477. The molecular weight excluding hydrogens is 477 g/mol. The van der Waals surface area contributed by atoms with Gasteiger partial charge in [0.1, 0.15) is 12.4 Å². The molecule has 0 spiro atoms. The van der Waals surface area contributed by atoms with Gasteiger partial charge in [-0.2, -0.15) is 0 Å². The highest BCUT2D eigenvalue weighted by molar-refractivity contribution is 9.11. The SMILES string of the molecule is CC(N)CC=Cc1cc(Br)c(OCc2ccc(Cl)c(Cl)c2)c(Br)c1. The monoisotopic (exact) mass is 491 g/mol. The molecule has 0 aliphatic rings.